The molecule has 0 N–H and O–H groups in total. The number of aromatic nitrogens is 2. The average molecular weight is 247 g/mol. The van der Waals surface area contributed by atoms with Crippen molar-refractivity contribution in [3.05, 3.63) is 18.1 Å². The van der Waals surface area contributed by atoms with Gasteiger partial charge in [-0.15, -0.1) is 0 Å². The highest BCUT2D eigenvalue weighted by Gasteiger charge is 2.23. The molecular weight excluding hydrogens is 222 g/mol. The van der Waals surface area contributed by atoms with E-state index >= 15 is 0 Å². The molecule has 1 aromatic rings. The van der Waals surface area contributed by atoms with Crippen molar-refractivity contribution in [2.45, 2.75) is 46.5 Å². The average Bonchev–Trinajstić information content (AvgIpc) is 2.27. The first kappa shape index (κ1) is 13.3. The topological polar surface area (TPSA) is 29.0 Å². The third-order valence-corrected chi connectivity index (χ3v) is 3.60. The lowest BCUT2D eigenvalue weighted by Gasteiger charge is -2.35. The van der Waals surface area contributed by atoms with Gasteiger partial charge in [-0.3, -0.25) is 4.98 Å². The molecule has 0 aliphatic carbocycles. The van der Waals surface area contributed by atoms with Gasteiger partial charge in [-0.1, -0.05) is 34.6 Å². The van der Waals surface area contributed by atoms with Gasteiger partial charge in [0.1, 0.15) is 5.82 Å². The van der Waals surface area contributed by atoms with Gasteiger partial charge in [-0.25, -0.2) is 4.98 Å². The largest absolute Gasteiger partial charge is 0.355 e. The van der Waals surface area contributed by atoms with E-state index in [2.05, 4.69) is 49.5 Å². The van der Waals surface area contributed by atoms with Crippen molar-refractivity contribution in [2.75, 3.05) is 18.0 Å². The van der Waals surface area contributed by atoms with E-state index in [1.54, 1.807) is 0 Å². The summed E-state index contributed by atoms with van der Waals surface area (Å²) >= 11 is 0. The van der Waals surface area contributed by atoms with E-state index < -0.39 is 0 Å². The van der Waals surface area contributed by atoms with Crippen LogP contribution in [0.25, 0.3) is 0 Å². The summed E-state index contributed by atoms with van der Waals surface area (Å²) in [5.74, 6) is 2.53. The lowest BCUT2D eigenvalue weighted by molar-refractivity contribution is 0.355. The molecule has 100 valence electrons. The maximum absolute atomic E-state index is 4.60. The monoisotopic (exact) mass is 247 g/mol. The summed E-state index contributed by atoms with van der Waals surface area (Å²) < 4.78 is 0. The Labute approximate surface area is 111 Å². The van der Waals surface area contributed by atoms with Crippen molar-refractivity contribution in [3.8, 4) is 0 Å². The Morgan fingerprint density at radius 2 is 1.67 bits per heavy atom. The van der Waals surface area contributed by atoms with Gasteiger partial charge >= 0.3 is 0 Å². The second kappa shape index (κ2) is 4.87. The molecule has 2 heterocycles. The molecule has 0 aromatic carbocycles. The fraction of sp³-hybridized carbons (Fsp3) is 0.733. The molecule has 0 saturated carbocycles. The van der Waals surface area contributed by atoms with Crippen LogP contribution in [0.1, 0.15) is 46.7 Å². The molecule has 0 bridgehead atoms. The zero-order chi connectivity index (χ0) is 13.3. The summed E-state index contributed by atoms with van der Waals surface area (Å²) in [5.41, 5.74) is 1.14. The maximum atomic E-state index is 4.60. The van der Waals surface area contributed by atoms with Crippen LogP contribution in [0.5, 0.6) is 0 Å². The lowest BCUT2D eigenvalue weighted by Crippen LogP contribution is -2.39. The van der Waals surface area contributed by atoms with E-state index in [-0.39, 0.29) is 5.41 Å². The molecule has 0 amide bonds. The molecule has 2 atom stereocenters. The van der Waals surface area contributed by atoms with Crippen molar-refractivity contribution < 1.29 is 0 Å². The van der Waals surface area contributed by atoms with Crippen LogP contribution in [0.4, 0.5) is 5.82 Å². The number of rotatable bonds is 1. The number of piperidine rings is 1. The molecule has 2 unspecified atom stereocenters. The van der Waals surface area contributed by atoms with Crippen LogP contribution in [0.15, 0.2) is 12.4 Å². The standard InChI is InChI=1S/C15H25N3/c1-11-6-12(2)10-18(9-11)14-8-16-13(7-17-14)15(3,4)5/h7-8,11-12H,6,9-10H2,1-5H3. The van der Waals surface area contributed by atoms with E-state index in [1.807, 2.05) is 12.4 Å². The Bertz CT molecular complexity index is 381. The Kier molecular flexibility index (Phi) is 3.60. The quantitative estimate of drug-likeness (QED) is 0.762. The zero-order valence-corrected chi connectivity index (χ0v) is 12.3. The molecule has 0 radical (unpaired) electrons. The van der Waals surface area contributed by atoms with Gasteiger partial charge in [0.25, 0.3) is 0 Å². The van der Waals surface area contributed by atoms with Crippen molar-refractivity contribution in [1.29, 1.82) is 0 Å². The van der Waals surface area contributed by atoms with Crippen molar-refractivity contribution in [1.82, 2.24) is 9.97 Å². The molecule has 3 nitrogen and oxygen atoms in total. The molecule has 18 heavy (non-hydrogen) atoms. The summed E-state index contributed by atoms with van der Waals surface area (Å²) in [6.45, 7) is 13.4. The van der Waals surface area contributed by atoms with Gasteiger partial charge in [0.15, 0.2) is 0 Å². The van der Waals surface area contributed by atoms with Gasteiger partial charge in [0, 0.05) is 18.5 Å². The van der Waals surface area contributed by atoms with Crippen LogP contribution in [-0.4, -0.2) is 23.1 Å². The van der Waals surface area contributed by atoms with Gasteiger partial charge in [-0.2, -0.15) is 0 Å². The van der Waals surface area contributed by atoms with Crippen molar-refractivity contribution in [3.63, 3.8) is 0 Å². The SMILES string of the molecule is CC1CC(C)CN(c2cnc(C(C)(C)C)cn2)C1. The third-order valence-electron chi connectivity index (χ3n) is 3.60. The van der Waals surface area contributed by atoms with Crippen LogP contribution < -0.4 is 4.90 Å². The third kappa shape index (κ3) is 3.01. The summed E-state index contributed by atoms with van der Waals surface area (Å²) in [5, 5.41) is 0. The summed E-state index contributed by atoms with van der Waals surface area (Å²) in [6.07, 6.45) is 5.19. The first-order valence-electron chi connectivity index (χ1n) is 6.93. The van der Waals surface area contributed by atoms with E-state index in [1.165, 1.54) is 6.42 Å². The molecule has 1 fully saturated rings. The molecule has 2 rings (SSSR count). The molecule has 1 aromatic heterocycles. The highest BCUT2D eigenvalue weighted by Crippen LogP contribution is 2.25. The van der Waals surface area contributed by atoms with E-state index in [0.717, 1.165) is 36.4 Å². The van der Waals surface area contributed by atoms with Gasteiger partial charge in [0.05, 0.1) is 18.1 Å². The van der Waals surface area contributed by atoms with Crippen molar-refractivity contribution in [2.24, 2.45) is 11.8 Å². The van der Waals surface area contributed by atoms with Crippen LogP contribution in [-0.2, 0) is 5.41 Å². The molecule has 0 spiro atoms. The van der Waals surface area contributed by atoms with Gasteiger partial charge in [-0.05, 0) is 18.3 Å². The Morgan fingerprint density at radius 1 is 1.06 bits per heavy atom. The highest BCUT2D eigenvalue weighted by atomic mass is 15.2. The van der Waals surface area contributed by atoms with Crippen LogP contribution in [0, 0.1) is 11.8 Å². The second-order valence-corrected chi connectivity index (χ2v) is 6.86. The minimum absolute atomic E-state index is 0.0774. The highest BCUT2D eigenvalue weighted by molar-refractivity contribution is 5.37. The molecule has 1 saturated heterocycles. The minimum atomic E-state index is 0.0774. The van der Waals surface area contributed by atoms with Crippen molar-refractivity contribution >= 4 is 5.82 Å². The fourth-order valence-electron chi connectivity index (χ4n) is 2.72. The Balaban J connectivity index is 2.14. The fourth-order valence-corrected chi connectivity index (χ4v) is 2.72. The van der Waals surface area contributed by atoms with E-state index in [4.69, 9.17) is 0 Å². The Morgan fingerprint density at radius 3 is 2.11 bits per heavy atom. The lowest BCUT2D eigenvalue weighted by atomic mass is 9.91. The minimum Gasteiger partial charge on any atom is -0.355 e. The molecule has 1 aliphatic rings. The molecular formula is C15H25N3. The van der Waals surface area contributed by atoms with E-state index in [0.29, 0.717) is 0 Å². The van der Waals surface area contributed by atoms with E-state index in [9.17, 15) is 0 Å². The predicted molar refractivity (Wildman–Crippen MR) is 75.9 cm³/mol. The number of hydrogen-bond acceptors (Lipinski definition) is 3. The van der Waals surface area contributed by atoms with Crippen LogP contribution >= 0.6 is 0 Å². The maximum Gasteiger partial charge on any atom is 0.147 e. The van der Waals surface area contributed by atoms with Crippen LogP contribution in [0.2, 0.25) is 0 Å². The van der Waals surface area contributed by atoms with Gasteiger partial charge < -0.3 is 4.90 Å². The van der Waals surface area contributed by atoms with Gasteiger partial charge in [0.2, 0.25) is 0 Å². The summed E-state index contributed by atoms with van der Waals surface area (Å²) in [7, 11) is 0. The normalized spacial score (nSPS) is 25.3. The molecule has 1 aliphatic heterocycles. The predicted octanol–water partition coefficient (Wildman–Crippen LogP) is 3.26. The summed E-state index contributed by atoms with van der Waals surface area (Å²) in [4.78, 5) is 11.5. The molecule has 3 heteroatoms. The summed E-state index contributed by atoms with van der Waals surface area (Å²) in [6, 6.07) is 0. The number of nitrogens with zero attached hydrogens (tertiary/aromatic N) is 3. The number of hydrogen-bond donors (Lipinski definition) is 0. The second-order valence-electron chi connectivity index (χ2n) is 6.86. The Hall–Kier alpha value is -1.12. The van der Waals surface area contributed by atoms with Crippen LogP contribution in [0.3, 0.4) is 0 Å². The smallest absolute Gasteiger partial charge is 0.147 e. The first-order chi connectivity index (χ1) is 8.36. The number of anilines is 1. The first-order valence-corrected chi connectivity index (χ1v) is 6.93. The zero-order valence-electron chi connectivity index (χ0n) is 12.3.